The van der Waals surface area contributed by atoms with Crippen LogP contribution in [-0.2, 0) is 4.79 Å². The van der Waals surface area contributed by atoms with E-state index in [0.29, 0.717) is 17.8 Å². The largest absolute Gasteiger partial charge is 0.352 e. The Kier molecular flexibility index (Phi) is 6.77. The van der Waals surface area contributed by atoms with E-state index < -0.39 is 0 Å². The molecule has 0 saturated carbocycles. The molecular weight excluding hydrogens is 300 g/mol. The molecule has 0 aromatic heterocycles. The van der Waals surface area contributed by atoms with Crippen molar-refractivity contribution in [2.45, 2.75) is 19.8 Å². The number of unbranched alkanes of at least 4 members (excludes halogenated alkanes) is 1. The third-order valence-corrected chi connectivity index (χ3v) is 3.47. The number of carbonyl (C=O) groups excluding carboxylic acids is 2. The molecule has 0 spiro atoms. The Morgan fingerprint density at radius 1 is 1.00 bits per heavy atom. The average molecular weight is 322 g/mol. The van der Waals surface area contributed by atoms with E-state index in [0.717, 1.165) is 18.4 Å². The Morgan fingerprint density at radius 2 is 1.71 bits per heavy atom. The zero-order chi connectivity index (χ0) is 17.2. The summed E-state index contributed by atoms with van der Waals surface area (Å²) in [6.45, 7) is 2.70. The van der Waals surface area contributed by atoms with Gasteiger partial charge in [0.05, 0.1) is 11.3 Å². The first-order valence-electron chi connectivity index (χ1n) is 8.12. The van der Waals surface area contributed by atoms with E-state index >= 15 is 0 Å². The van der Waals surface area contributed by atoms with Crippen LogP contribution < -0.4 is 10.6 Å². The highest BCUT2D eigenvalue weighted by molar-refractivity contribution is 6.07. The van der Waals surface area contributed by atoms with E-state index in [1.54, 1.807) is 30.3 Å². The van der Waals surface area contributed by atoms with Crippen LogP contribution in [0.1, 0.15) is 35.7 Å². The molecule has 2 rings (SSSR count). The molecule has 2 N–H and O–H groups in total. The maximum atomic E-state index is 12.2. The molecule has 0 atom stereocenters. The molecule has 0 aliphatic heterocycles. The minimum Gasteiger partial charge on any atom is -0.352 e. The fraction of sp³-hybridized carbons (Fsp3) is 0.200. The number of anilines is 1. The lowest BCUT2D eigenvalue weighted by molar-refractivity contribution is -0.111. The minimum atomic E-state index is -0.271. The zero-order valence-electron chi connectivity index (χ0n) is 13.8. The van der Waals surface area contributed by atoms with Crippen LogP contribution in [0.15, 0.2) is 60.7 Å². The van der Waals surface area contributed by atoms with Crippen molar-refractivity contribution in [1.82, 2.24) is 5.32 Å². The van der Waals surface area contributed by atoms with Crippen LogP contribution >= 0.6 is 0 Å². The topological polar surface area (TPSA) is 58.2 Å². The van der Waals surface area contributed by atoms with Crippen LogP contribution in [0.3, 0.4) is 0 Å². The van der Waals surface area contributed by atoms with E-state index in [4.69, 9.17) is 0 Å². The number of hydrogen-bond donors (Lipinski definition) is 2. The first-order chi connectivity index (χ1) is 11.7. The van der Waals surface area contributed by atoms with Gasteiger partial charge in [0, 0.05) is 12.6 Å². The summed E-state index contributed by atoms with van der Waals surface area (Å²) in [5.41, 5.74) is 1.92. The number of nitrogens with one attached hydrogen (secondary N) is 2. The molecule has 0 fully saturated rings. The van der Waals surface area contributed by atoms with Crippen molar-refractivity contribution in [2.75, 3.05) is 11.9 Å². The Morgan fingerprint density at radius 3 is 2.46 bits per heavy atom. The van der Waals surface area contributed by atoms with E-state index in [-0.39, 0.29) is 11.8 Å². The number of rotatable bonds is 7. The number of carbonyl (C=O) groups is 2. The SMILES string of the molecule is CCCCNC(=O)c1ccccc1NC(=O)/C=C/c1ccccc1. The van der Waals surface area contributed by atoms with Crippen molar-refractivity contribution in [3.8, 4) is 0 Å². The van der Waals surface area contributed by atoms with Gasteiger partial charge in [0.25, 0.3) is 5.91 Å². The third kappa shape index (κ3) is 5.39. The van der Waals surface area contributed by atoms with Crippen LogP contribution in [0.5, 0.6) is 0 Å². The predicted octanol–water partition coefficient (Wildman–Crippen LogP) is 3.87. The quantitative estimate of drug-likeness (QED) is 0.600. The summed E-state index contributed by atoms with van der Waals surface area (Å²) in [7, 11) is 0. The van der Waals surface area contributed by atoms with Gasteiger partial charge in [-0.15, -0.1) is 0 Å². The molecule has 0 aliphatic carbocycles. The van der Waals surface area contributed by atoms with Gasteiger partial charge < -0.3 is 10.6 Å². The Hall–Kier alpha value is -2.88. The fourth-order valence-corrected chi connectivity index (χ4v) is 2.17. The normalized spacial score (nSPS) is 10.5. The lowest BCUT2D eigenvalue weighted by atomic mass is 10.1. The van der Waals surface area contributed by atoms with Gasteiger partial charge in [-0.3, -0.25) is 9.59 Å². The van der Waals surface area contributed by atoms with E-state index in [1.165, 1.54) is 6.08 Å². The fourth-order valence-electron chi connectivity index (χ4n) is 2.17. The predicted molar refractivity (Wildman–Crippen MR) is 97.8 cm³/mol. The summed E-state index contributed by atoms with van der Waals surface area (Å²) in [6, 6.07) is 16.6. The molecular formula is C20H22N2O2. The first-order valence-corrected chi connectivity index (χ1v) is 8.12. The summed E-state index contributed by atoms with van der Waals surface area (Å²) < 4.78 is 0. The Labute approximate surface area is 142 Å². The Balaban J connectivity index is 2.02. The Bertz CT molecular complexity index is 709. The van der Waals surface area contributed by atoms with Gasteiger partial charge in [-0.2, -0.15) is 0 Å². The molecule has 2 amide bonds. The smallest absolute Gasteiger partial charge is 0.253 e. The van der Waals surface area contributed by atoms with E-state index in [9.17, 15) is 9.59 Å². The standard InChI is InChI=1S/C20H22N2O2/c1-2-3-15-21-20(24)17-11-7-8-12-18(17)22-19(23)14-13-16-9-5-4-6-10-16/h4-14H,2-3,15H2,1H3,(H,21,24)(H,22,23)/b14-13+. The third-order valence-electron chi connectivity index (χ3n) is 3.47. The highest BCUT2D eigenvalue weighted by Gasteiger charge is 2.11. The number of para-hydroxylation sites is 1. The van der Waals surface area contributed by atoms with Crippen LogP contribution in [0.25, 0.3) is 6.08 Å². The van der Waals surface area contributed by atoms with Crippen molar-refractivity contribution in [3.63, 3.8) is 0 Å². The summed E-state index contributed by atoms with van der Waals surface area (Å²) >= 11 is 0. The lowest BCUT2D eigenvalue weighted by Crippen LogP contribution is -2.25. The highest BCUT2D eigenvalue weighted by atomic mass is 16.2. The summed E-state index contributed by atoms with van der Waals surface area (Å²) in [5, 5.41) is 5.63. The van der Waals surface area contributed by atoms with Gasteiger partial charge >= 0.3 is 0 Å². The second kappa shape index (κ2) is 9.30. The van der Waals surface area contributed by atoms with Crippen molar-refractivity contribution in [2.24, 2.45) is 0 Å². The average Bonchev–Trinajstić information content (AvgIpc) is 2.61. The zero-order valence-corrected chi connectivity index (χ0v) is 13.8. The van der Waals surface area contributed by atoms with Crippen molar-refractivity contribution < 1.29 is 9.59 Å². The second-order valence-electron chi connectivity index (χ2n) is 5.39. The molecule has 0 radical (unpaired) electrons. The molecule has 0 bridgehead atoms. The summed E-state index contributed by atoms with van der Waals surface area (Å²) in [4.78, 5) is 24.3. The number of benzene rings is 2. The van der Waals surface area contributed by atoms with Gasteiger partial charge in [-0.25, -0.2) is 0 Å². The van der Waals surface area contributed by atoms with E-state index in [1.807, 2.05) is 30.3 Å². The molecule has 124 valence electrons. The van der Waals surface area contributed by atoms with Gasteiger partial charge in [-0.1, -0.05) is 55.8 Å². The van der Waals surface area contributed by atoms with Crippen LogP contribution in [0.2, 0.25) is 0 Å². The monoisotopic (exact) mass is 322 g/mol. The first kappa shape index (κ1) is 17.5. The molecule has 0 unspecified atom stereocenters. The van der Waals surface area contributed by atoms with Crippen molar-refractivity contribution in [3.05, 3.63) is 71.8 Å². The summed E-state index contributed by atoms with van der Waals surface area (Å²) in [6.07, 6.45) is 5.14. The van der Waals surface area contributed by atoms with Crippen LogP contribution in [0.4, 0.5) is 5.69 Å². The lowest BCUT2D eigenvalue weighted by Gasteiger charge is -2.10. The van der Waals surface area contributed by atoms with Gasteiger partial charge in [0.1, 0.15) is 0 Å². The molecule has 0 aliphatic rings. The van der Waals surface area contributed by atoms with Gasteiger partial charge in [-0.05, 0) is 30.2 Å². The molecule has 0 saturated heterocycles. The van der Waals surface area contributed by atoms with Crippen molar-refractivity contribution >= 4 is 23.6 Å². The summed E-state index contributed by atoms with van der Waals surface area (Å²) in [5.74, 6) is -0.445. The maximum absolute atomic E-state index is 12.2. The maximum Gasteiger partial charge on any atom is 0.253 e. The van der Waals surface area contributed by atoms with Crippen LogP contribution in [0, 0.1) is 0 Å². The number of hydrogen-bond acceptors (Lipinski definition) is 2. The van der Waals surface area contributed by atoms with Crippen LogP contribution in [-0.4, -0.2) is 18.4 Å². The van der Waals surface area contributed by atoms with Crippen molar-refractivity contribution in [1.29, 1.82) is 0 Å². The van der Waals surface area contributed by atoms with E-state index in [2.05, 4.69) is 17.6 Å². The minimum absolute atomic E-state index is 0.175. The number of amides is 2. The molecule has 2 aromatic carbocycles. The molecule has 0 heterocycles. The second-order valence-corrected chi connectivity index (χ2v) is 5.39. The molecule has 2 aromatic rings. The molecule has 4 heteroatoms. The highest BCUT2D eigenvalue weighted by Crippen LogP contribution is 2.15. The van der Waals surface area contributed by atoms with Gasteiger partial charge in [0.15, 0.2) is 0 Å². The molecule has 24 heavy (non-hydrogen) atoms. The molecule has 4 nitrogen and oxygen atoms in total. The van der Waals surface area contributed by atoms with Gasteiger partial charge in [0.2, 0.25) is 5.91 Å².